The van der Waals surface area contributed by atoms with Crippen molar-refractivity contribution in [1.29, 1.82) is 0 Å². The highest BCUT2D eigenvalue weighted by Crippen LogP contribution is 2.20. The van der Waals surface area contributed by atoms with Crippen LogP contribution in [0.2, 0.25) is 0 Å². The first-order valence-corrected chi connectivity index (χ1v) is 9.81. The van der Waals surface area contributed by atoms with Gasteiger partial charge in [-0.15, -0.1) is 15.3 Å². The Morgan fingerprint density at radius 1 is 0.875 bits per heavy atom. The van der Waals surface area contributed by atoms with Crippen LogP contribution in [0, 0.1) is 6.92 Å². The summed E-state index contributed by atoms with van der Waals surface area (Å²) in [5.41, 5.74) is 5.77. The standard InChI is InChI=1S/C24H23N5O3/c1-16-8-10-18(11-9-16)23(30)28-27-22(17-12-14-19(15-13-17)29(2)3)26-25-21-7-5-4-6-20(21)24(31)32/h4-15H,1-3H3,(H,28,30)(H,31,32)/b26-25?,27-22+. The molecule has 0 unspecified atom stereocenters. The highest BCUT2D eigenvalue weighted by atomic mass is 16.4. The Labute approximate surface area is 185 Å². The van der Waals surface area contributed by atoms with E-state index < -0.39 is 11.9 Å². The van der Waals surface area contributed by atoms with E-state index in [1.165, 1.54) is 6.07 Å². The number of nitrogens with one attached hydrogen (secondary N) is 1. The highest BCUT2D eigenvalue weighted by Gasteiger charge is 2.11. The van der Waals surface area contributed by atoms with Gasteiger partial charge in [-0.2, -0.15) is 0 Å². The van der Waals surface area contributed by atoms with Crippen molar-refractivity contribution in [2.45, 2.75) is 6.92 Å². The van der Waals surface area contributed by atoms with Gasteiger partial charge in [0.05, 0.1) is 5.56 Å². The Bertz CT molecular complexity index is 1170. The molecule has 2 N–H and O–H groups in total. The Kier molecular flexibility index (Phi) is 7.07. The molecule has 0 saturated carbocycles. The number of carbonyl (C=O) groups excluding carboxylic acids is 1. The lowest BCUT2D eigenvalue weighted by Gasteiger charge is -2.12. The van der Waals surface area contributed by atoms with E-state index in [1.54, 1.807) is 42.5 Å². The molecule has 0 aliphatic heterocycles. The molecule has 3 rings (SSSR count). The normalized spacial score (nSPS) is 11.4. The first-order chi connectivity index (χ1) is 15.3. The molecule has 32 heavy (non-hydrogen) atoms. The predicted molar refractivity (Wildman–Crippen MR) is 124 cm³/mol. The summed E-state index contributed by atoms with van der Waals surface area (Å²) in [7, 11) is 3.85. The van der Waals surface area contributed by atoms with Crippen molar-refractivity contribution in [3.8, 4) is 0 Å². The fourth-order valence-corrected chi connectivity index (χ4v) is 2.77. The fourth-order valence-electron chi connectivity index (χ4n) is 2.77. The fraction of sp³-hybridized carbons (Fsp3) is 0.125. The van der Waals surface area contributed by atoms with E-state index in [9.17, 15) is 14.7 Å². The molecular formula is C24H23N5O3. The number of nitrogens with zero attached hydrogens (tertiary/aromatic N) is 4. The van der Waals surface area contributed by atoms with Gasteiger partial charge in [-0.05, 0) is 55.5 Å². The zero-order valence-corrected chi connectivity index (χ0v) is 18.0. The second-order valence-electron chi connectivity index (χ2n) is 7.21. The van der Waals surface area contributed by atoms with Crippen LogP contribution >= 0.6 is 0 Å². The Morgan fingerprint density at radius 2 is 1.50 bits per heavy atom. The number of aromatic carboxylic acids is 1. The molecule has 162 valence electrons. The largest absolute Gasteiger partial charge is 0.478 e. The van der Waals surface area contributed by atoms with Crippen molar-refractivity contribution in [2.75, 3.05) is 19.0 Å². The minimum Gasteiger partial charge on any atom is -0.478 e. The van der Waals surface area contributed by atoms with E-state index in [2.05, 4.69) is 20.8 Å². The molecule has 0 aliphatic rings. The maximum Gasteiger partial charge on any atom is 0.337 e. The number of amidine groups is 1. The molecule has 0 bridgehead atoms. The average molecular weight is 429 g/mol. The second-order valence-corrected chi connectivity index (χ2v) is 7.21. The number of benzene rings is 3. The van der Waals surface area contributed by atoms with Gasteiger partial charge in [0.15, 0.2) is 0 Å². The van der Waals surface area contributed by atoms with Crippen LogP contribution in [0.1, 0.15) is 31.8 Å². The van der Waals surface area contributed by atoms with Crippen LogP contribution in [-0.2, 0) is 0 Å². The first kappa shape index (κ1) is 22.4. The average Bonchev–Trinajstić information content (AvgIpc) is 2.79. The van der Waals surface area contributed by atoms with Crippen LogP contribution in [0.3, 0.4) is 0 Å². The molecule has 8 nitrogen and oxygen atoms in total. The van der Waals surface area contributed by atoms with E-state index in [1.807, 2.05) is 50.2 Å². The van der Waals surface area contributed by atoms with Crippen molar-refractivity contribution in [2.24, 2.45) is 15.3 Å². The highest BCUT2D eigenvalue weighted by molar-refractivity contribution is 6.01. The number of hydrogen-bond acceptors (Lipinski definition) is 5. The zero-order chi connectivity index (χ0) is 23.1. The Hall–Kier alpha value is -4.33. The first-order valence-electron chi connectivity index (χ1n) is 9.81. The number of carbonyl (C=O) groups is 2. The molecular weight excluding hydrogens is 406 g/mol. The summed E-state index contributed by atoms with van der Waals surface area (Å²) in [6, 6.07) is 20.7. The van der Waals surface area contributed by atoms with Gasteiger partial charge in [-0.1, -0.05) is 29.8 Å². The van der Waals surface area contributed by atoms with Gasteiger partial charge in [-0.25, -0.2) is 10.2 Å². The van der Waals surface area contributed by atoms with Gasteiger partial charge in [0.1, 0.15) is 5.69 Å². The maximum absolute atomic E-state index is 12.5. The molecule has 0 fully saturated rings. The molecule has 3 aromatic carbocycles. The number of hydrazone groups is 1. The van der Waals surface area contributed by atoms with Gasteiger partial charge < -0.3 is 10.0 Å². The molecule has 0 heterocycles. The molecule has 0 spiro atoms. The summed E-state index contributed by atoms with van der Waals surface area (Å²) in [5, 5.41) is 21.7. The van der Waals surface area contributed by atoms with Crippen LogP contribution in [0.5, 0.6) is 0 Å². The third kappa shape index (κ3) is 5.63. The van der Waals surface area contributed by atoms with E-state index >= 15 is 0 Å². The summed E-state index contributed by atoms with van der Waals surface area (Å²) in [5.74, 6) is -1.37. The summed E-state index contributed by atoms with van der Waals surface area (Å²) in [6.45, 7) is 1.94. The molecule has 0 aromatic heterocycles. The summed E-state index contributed by atoms with van der Waals surface area (Å²) >= 11 is 0. The molecule has 8 heteroatoms. The lowest BCUT2D eigenvalue weighted by molar-refractivity contribution is 0.0697. The number of carboxylic acid groups (broad SMARTS) is 1. The van der Waals surface area contributed by atoms with E-state index in [0.29, 0.717) is 11.1 Å². The topological polar surface area (TPSA) is 107 Å². The smallest absolute Gasteiger partial charge is 0.337 e. The molecule has 1 amide bonds. The molecule has 0 atom stereocenters. The van der Waals surface area contributed by atoms with Crippen molar-refractivity contribution >= 4 is 29.1 Å². The van der Waals surface area contributed by atoms with Crippen LogP contribution in [-0.4, -0.2) is 36.9 Å². The van der Waals surface area contributed by atoms with Crippen molar-refractivity contribution in [1.82, 2.24) is 5.43 Å². The summed E-state index contributed by atoms with van der Waals surface area (Å²) < 4.78 is 0. The Morgan fingerprint density at radius 3 is 2.12 bits per heavy atom. The van der Waals surface area contributed by atoms with Gasteiger partial charge in [0, 0.05) is 30.9 Å². The Balaban J connectivity index is 1.94. The molecule has 0 aliphatic carbocycles. The van der Waals surface area contributed by atoms with Crippen molar-refractivity contribution in [3.63, 3.8) is 0 Å². The quantitative estimate of drug-likeness (QED) is 0.258. The minimum absolute atomic E-state index is 0.0160. The monoisotopic (exact) mass is 429 g/mol. The van der Waals surface area contributed by atoms with E-state index in [-0.39, 0.29) is 17.1 Å². The van der Waals surface area contributed by atoms with Crippen LogP contribution in [0.25, 0.3) is 0 Å². The van der Waals surface area contributed by atoms with Crippen molar-refractivity contribution in [3.05, 3.63) is 95.1 Å². The van der Waals surface area contributed by atoms with Crippen molar-refractivity contribution < 1.29 is 14.7 Å². The van der Waals surface area contributed by atoms with Gasteiger partial charge in [0.2, 0.25) is 5.84 Å². The number of anilines is 1. The molecule has 0 saturated heterocycles. The van der Waals surface area contributed by atoms with E-state index in [4.69, 9.17) is 0 Å². The third-order valence-corrected chi connectivity index (χ3v) is 4.61. The second kappa shape index (κ2) is 10.1. The number of amides is 1. The summed E-state index contributed by atoms with van der Waals surface area (Å²) in [4.78, 5) is 25.9. The maximum atomic E-state index is 12.5. The van der Waals surface area contributed by atoms with Gasteiger partial charge in [0.25, 0.3) is 5.91 Å². The van der Waals surface area contributed by atoms with Crippen LogP contribution < -0.4 is 10.3 Å². The molecule has 0 radical (unpaired) electrons. The molecule has 3 aromatic rings. The lowest BCUT2D eigenvalue weighted by Crippen LogP contribution is -2.19. The number of azo groups is 1. The SMILES string of the molecule is Cc1ccc(C(=O)N/N=C(/N=Nc2ccccc2C(=O)O)c2ccc(N(C)C)cc2)cc1. The predicted octanol–water partition coefficient (Wildman–Crippen LogP) is 4.63. The van der Waals surface area contributed by atoms with Gasteiger partial charge in [-0.3, -0.25) is 4.79 Å². The van der Waals surface area contributed by atoms with Crippen LogP contribution in [0.4, 0.5) is 11.4 Å². The number of rotatable bonds is 6. The third-order valence-electron chi connectivity index (χ3n) is 4.61. The zero-order valence-electron chi connectivity index (χ0n) is 18.0. The van der Waals surface area contributed by atoms with E-state index in [0.717, 1.165) is 11.3 Å². The number of aryl methyl sites for hydroxylation is 1. The minimum atomic E-state index is -1.11. The number of carboxylic acids is 1. The van der Waals surface area contributed by atoms with Gasteiger partial charge >= 0.3 is 5.97 Å². The lowest BCUT2D eigenvalue weighted by atomic mass is 10.1. The number of hydrogen-bond donors (Lipinski definition) is 2. The van der Waals surface area contributed by atoms with Crippen LogP contribution in [0.15, 0.2) is 88.1 Å². The summed E-state index contributed by atoms with van der Waals surface area (Å²) in [6.07, 6.45) is 0.